The molecule has 18 heavy (non-hydrogen) atoms. The maximum atomic E-state index is 11.6. The molecule has 0 aliphatic carbocycles. The van der Waals surface area contributed by atoms with E-state index in [2.05, 4.69) is 5.32 Å². The van der Waals surface area contributed by atoms with Gasteiger partial charge in [0.05, 0.1) is 21.0 Å². The maximum absolute atomic E-state index is 11.6. The molecule has 100 valence electrons. The number of rotatable bonds is 4. The maximum Gasteiger partial charge on any atom is 0.154 e. The van der Waals surface area contributed by atoms with Crippen LogP contribution < -0.4 is 5.32 Å². The zero-order valence-electron chi connectivity index (χ0n) is 9.83. The van der Waals surface area contributed by atoms with Crippen LogP contribution in [-0.4, -0.2) is 26.0 Å². The zero-order valence-corrected chi connectivity index (χ0v) is 12.2. The first-order chi connectivity index (χ1) is 8.50. The monoisotopic (exact) mass is 307 g/mol. The van der Waals surface area contributed by atoms with E-state index < -0.39 is 9.84 Å². The molecule has 0 spiro atoms. The number of nitrogens with one attached hydrogen (secondary N) is 1. The molecule has 1 heterocycles. The largest absolute Gasteiger partial charge is 0.311 e. The Hall–Kier alpha value is -0.290. The summed E-state index contributed by atoms with van der Waals surface area (Å²) < 4.78 is 23.3. The van der Waals surface area contributed by atoms with Crippen molar-refractivity contribution in [2.45, 2.75) is 24.6 Å². The molecule has 0 radical (unpaired) electrons. The Balaban J connectivity index is 1.91. The molecule has 1 aromatic carbocycles. The van der Waals surface area contributed by atoms with Crippen LogP contribution in [0.15, 0.2) is 18.2 Å². The summed E-state index contributed by atoms with van der Waals surface area (Å²) in [6, 6.07) is 5.44. The van der Waals surface area contributed by atoms with Gasteiger partial charge < -0.3 is 5.32 Å². The standard InChI is InChI=1S/C12H15Cl2NO2S/c13-11-5-1-3-9(12(11)14)7-15-8-10-4-2-6-18(10,16)17/h1,3,5,10,15H,2,4,6-8H2. The summed E-state index contributed by atoms with van der Waals surface area (Å²) in [5, 5.41) is 3.94. The van der Waals surface area contributed by atoms with Gasteiger partial charge in [-0.25, -0.2) is 8.42 Å². The van der Waals surface area contributed by atoms with Gasteiger partial charge in [-0.15, -0.1) is 0 Å². The van der Waals surface area contributed by atoms with Gasteiger partial charge in [0.15, 0.2) is 9.84 Å². The third kappa shape index (κ3) is 3.18. The molecule has 1 unspecified atom stereocenters. The zero-order chi connectivity index (χ0) is 13.2. The van der Waals surface area contributed by atoms with Gasteiger partial charge in [0.1, 0.15) is 0 Å². The fourth-order valence-corrected chi connectivity index (χ4v) is 4.33. The summed E-state index contributed by atoms with van der Waals surface area (Å²) in [4.78, 5) is 0. The summed E-state index contributed by atoms with van der Waals surface area (Å²) in [6.07, 6.45) is 1.52. The van der Waals surface area contributed by atoms with E-state index in [1.807, 2.05) is 12.1 Å². The predicted molar refractivity (Wildman–Crippen MR) is 75.0 cm³/mol. The molecule has 0 saturated carbocycles. The van der Waals surface area contributed by atoms with E-state index in [-0.39, 0.29) is 5.25 Å². The van der Waals surface area contributed by atoms with Crippen LogP contribution in [0.4, 0.5) is 0 Å². The molecule has 1 aliphatic rings. The van der Waals surface area contributed by atoms with Gasteiger partial charge in [0, 0.05) is 13.1 Å². The van der Waals surface area contributed by atoms with Gasteiger partial charge in [0.2, 0.25) is 0 Å². The van der Waals surface area contributed by atoms with Crippen molar-refractivity contribution in [1.82, 2.24) is 5.32 Å². The quantitative estimate of drug-likeness (QED) is 0.930. The Kier molecular flexibility index (Phi) is 4.54. The third-order valence-electron chi connectivity index (χ3n) is 3.18. The molecule has 1 N–H and O–H groups in total. The Bertz CT molecular complexity index is 531. The van der Waals surface area contributed by atoms with Crippen molar-refractivity contribution in [1.29, 1.82) is 0 Å². The van der Waals surface area contributed by atoms with Crippen LogP contribution in [0, 0.1) is 0 Å². The topological polar surface area (TPSA) is 46.2 Å². The van der Waals surface area contributed by atoms with E-state index in [9.17, 15) is 8.42 Å². The number of sulfone groups is 1. The number of halogens is 2. The molecule has 6 heteroatoms. The van der Waals surface area contributed by atoms with Crippen LogP contribution >= 0.6 is 23.2 Å². The van der Waals surface area contributed by atoms with Gasteiger partial charge in [-0.1, -0.05) is 35.3 Å². The second kappa shape index (κ2) is 5.78. The van der Waals surface area contributed by atoms with Crippen molar-refractivity contribution in [2.75, 3.05) is 12.3 Å². The molecule has 1 aromatic rings. The van der Waals surface area contributed by atoms with Crippen molar-refractivity contribution in [3.05, 3.63) is 33.8 Å². The summed E-state index contributed by atoms with van der Waals surface area (Å²) in [7, 11) is -2.88. The minimum Gasteiger partial charge on any atom is -0.311 e. The minimum atomic E-state index is -2.88. The van der Waals surface area contributed by atoms with Crippen LogP contribution in [0.25, 0.3) is 0 Å². The first-order valence-corrected chi connectivity index (χ1v) is 8.33. The second-order valence-corrected chi connectivity index (χ2v) is 7.66. The molecule has 1 saturated heterocycles. The van der Waals surface area contributed by atoms with Gasteiger partial charge in [0.25, 0.3) is 0 Å². The minimum absolute atomic E-state index is 0.254. The summed E-state index contributed by atoms with van der Waals surface area (Å²) in [6.45, 7) is 1.01. The second-order valence-electron chi connectivity index (χ2n) is 4.48. The molecule has 0 aromatic heterocycles. The van der Waals surface area contributed by atoms with Crippen LogP contribution in [0.3, 0.4) is 0 Å². The average molecular weight is 308 g/mol. The van der Waals surface area contributed by atoms with Gasteiger partial charge in [-0.3, -0.25) is 0 Å². The van der Waals surface area contributed by atoms with Crippen molar-refractivity contribution in [3.63, 3.8) is 0 Å². The van der Waals surface area contributed by atoms with Crippen molar-refractivity contribution in [3.8, 4) is 0 Å². The SMILES string of the molecule is O=S1(=O)CCCC1CNCc1cccc(Cl)c1Cl. The summed E-state index contributed by atoms with van der Waals surface area (Å²) >= 11 is 12.0. The van der Waals surface area contributed by atoms with Crippen molar-refractivity contribution in [2.24, 2.45) is 0 Å². The number of hydrogen-bond donors (Lipinski definition) is 1. The van der Waals surface area contributed by atoms with E-state index in [0.29, 0.717) is 28.9 Å². The normalized spacial score (nSPS) is 22.2. The lowest BCUT2D eigenvalue weighted by atomic mass is 10.2. The lowest BCUT2D eigenvalue weighted by Crippen LogP contribution is -2.30. The van der Waals surface area contributed by atoms with Gasteiger partial charge >= 0.3 is 0 Å². The molecule has 1 atom stereocenters. The summed E-state index contributed by atoms with van der Waals surface area (Å²) in [5.41, 5.74) is 0.888. The Morgan fingerprint density at radius 2 is 2.11 bits per heavy atom. The highest BCUT2D eigenvalue weighted by atomic mass is 35.5. The van der Waals surface area contributed by atoms with Crippen molar-refractivity contribution < 1.29 is 8.42 Å². The number of hydrogen-bond acceptors (Lipinski definition) is 3. The molecule has 0 bridgehead atoms. The van der Waals surface area contributed by atoms with Crippen molar-refractivity contribution >= 4 is 33.0 Å². The third-order valence-corrected chi connectivity index (χ3v) is 6.32. The number of benzene rings is 1. The molecule has 1 aliphatic heterocycles. The lowest BCUT2D eigenvalue weighted by molar-refractivity contribution is 0.574. The average Bonchev–Trinajstić information content (AvgIpc) is 2.64. The molecule has 2 rings (SSSR count). The molecular weight excluding hydrogens is 293 g/mol. The fourth-order valence-electron chi connectivity index (χ4n) is 2.14. The molecule has 0 amide bonds. The fraction of sp³-hybridized carbons (Fsp3) is 0.500. The highest BCUT2D eigenvalue weighted by molar-refractivity contribution is 7.92. The van der Waals surface area contributed by atoms with Crippen LogP contribution in [0.1, 0.15) is 18.4 Å². The predicted octanol–water partition coefficient (Wildman–Crippen LogP) is 2.66. The van der Waals surface area contributed by atoms with Crippen LogP contribution in [0.2, 0.25) is 10.0 Å². The smallest absolute Gasteiger partial charge is 0.154 e. The highest BCUT2D eigenvalue weighted by Gasteiger charge is 2.30. The van der Waals surface area contributed by atoms with Gasteiger partial charge in [-0.05, 0) is 24.5 Å². The Morgan fingerprint density at radius 1 is 1.33 bits per heavy atom. The highest BCUT2D eigenvalue weighted by Crippen LogP contribution is 2.25. The Labute approximate surface area is 117 Å². The molecule has 1 fully saturated rings. The summed E-state index contributed by atoms with van der Waals surface area (Å²) in [5.74, 6) is 0.317. The van der Waals surface area contributed by atoms with Crippen LogP contribution in [-0.2, 0) is 16.4 Å². The first-order valence-electron chi connectivity index (χ1n) is 5.86. The Morgan fingerprint density at radius 3 is 2.78 bits per heavy atom. The molecule has 3 nitrogen and oxygen atoms in total. The first kappa shape index (κ1) is 14.1. The van der Waals surface area contributed by atoms with E-state index in [1.165, 1.54) is 0 Å². The van der Waals surface area contributed by atoms with Gasteiger partial charge in [-0.2, -0.15) is 0 Å². The molecular formula is C12H15Cl2NO2S. The van der Waals surface area contributed by atoms with E-state index in [0.717, 1.165) is 18.4 Å². The van der Waals surface area contributed by atoms with Crippen LogP contribution in [0.5, 0.6) is 0 Å². The van der Waals surface area contributed by atoms with E-state index in [1.54, 1.807) is 6.07 Å². The van der Waals surface area contributed by atoms with E-state index in [4.69, 9.17) is 23.2 Å². The lowest BCUT2D eigenvalue weighted by Gasteiger charge is -2.11. The van der Waals surface area contributed by atoms with E-state index >= 15 is 0 Å².